The van der Waals surface area contributed by atoms with Gasteiger partial charge in [0.1, 0.15) is 0 Å². The molecule has 0 aliphatic carbocycles. The number of carbonyl (C=O) groups excluding carboxylic acids is 1. The Bertz CT molecular complexity index is 248. The fourth-order valence-electron chi connectivity index (χ4n) is 1.84. The molecule has 0 radical (unpaired) electrons. The van der Waals surface area contributed by atoms with Crippen LogP contribution in [-0.2, 0) is 28.5 Å². The maximum Gasteiger partial charge on any atom is 0.306 e. The lowest BCUT2D eigenvalue weighted by atomic mass is 10.3. The van der Waals surface area contributed by atoms with Gasteiger partial charge in [-0.1, -0.05) is 0 Å². The predicted octanol–water partition coefficient (Wildman–Crippen LogP) is -0.0685. The topological polar surface area (TPSA) is 66.5 Å². The Morgan fingerprint density at radius 3 is 1.71 bits per heavy atom. The van der Waals surface area contributed by atoms with Gasteiger partial charge in [-0.25, -0.2) is 0 Å². The molecule has 0 spiro atoms. The van der Waals surface area contributed by atoms with Crippen LogP contribution >= 0.6 is 0 Å². The van der Waals surface area contributed by atoms with Gasteiger partial charge in [-0.2, -0.15) is 0 Å². The summed E-state index contributed by atoms with van der Waals surface area (Å²) >= 11 is 0. The Morgan fingerprint density at radius 2 is 1.29 bits per heavy atom. The Balaban J connectivity index is 2.27. The van der Waals surface area contributed by atoms with Crippen LogP contribution in [-0.4, -0.2) is 90.5 Å². The second-order valence-electron chi connectivity index (χ2n) is 4.62. The van der Waals surface area contributed by atoms with Crippen LogP contribution in [0.1, 0.15) is 6.42 Å². The fourth-order valence-corrected chi connectivity index (χ4v) is 1.84. The molecule has 0 bridgehead atoms. The number of hydrogen-bond donors (Lipinski definition) is 0. The summed E-state index contributed by atoms with van der Waals surface area (Å²) in [5.74, 6) is -0.200. The van der Waals surface area contributed by atoms with Crippen molar-refractivity contribution in [1.29, 1.82) is 0 Å². The minimum Gasteiger partial charge on any atom is -0.469 e. The van der Waals surface area contributed by atoms with Crippen LogP contribution in [0.3, 0.4) is 0 Å². The number of ether oxygens (including phenoxy) is 5. The van der Waals surface area contributed by atoms with Crippen molar-refractivity contribution in [1.82, 2.24) is 4.90 Å². The van der Waals surface area contributed by atoms with Gasteiger partial charge in [-0.05, 0) is 0 Å². The van der Waals surface area contributed by atoms with Gasteiger partial charge in [-0.15, -0.1) is 0 Å². The number of rotatable bonds is 3. The third-order valence-corrected chi connectivity index (χ3v) is 3.08. The first-order valence-electron chi connectivity index (χ1n) is 7.43. The van der Waals surface area contributed by atoms with E-state index in [1.165, 1.54) is 7.11 Å². The molecule has 0 aromatic rings. The summed E-state index contributed by atoms with van der Waals surface area (Å²) in [5.41, 5.74) is 0. The number of nitrogens with zero attached hydrogens (tertiary/aromatic N) is 1. The smallest absolute Gasteiger partial charge is 0.306 e. The van der Waals surface area contributed by atoms with Crippen molar-refractivity contribution in [3.05, 3.63) is 0 Å². The van der Waals surface area contributed by atoms with E-state index < -0.39 is 0 Å². The predicted molar refractivity (Wildman–Crippen MR) is 76.3 cm³/mol. The fraction of sp³-hybridized carbons (Fsp3) is 0.929. The van der Waals surface area contributed by atoms with Gasteiger partial charge in [0.2, 0.25) is 0 Å². The molecule has 0 aromatic carbocycles. The van der Waals surface area contributed by atoms with Crippen LogP contribution < -0.4 is 0 Å². The molecule has 0 atom stereocenters. The SMILES string of the molecule is COC(=O)CCN1CCOCCOCCOCCOCC1. The molecule has 7 heteroatoms. The average molecular weight is 305 g/mol. The molecule has 1 fully saturated rings. The van der Waals surface area contributed by atoms with E-state index in [1.807, 2.05) is 0 Å². The summed E-state index contributed by atoms with van der Waals surface area (Å²) in [6, 6.07) is 0. The van der Waals surface area contributed by atoms with Crippen molar-refractivity contribution in [3.63, 3.8) is 0 Å². The van der Waals surface area contributed by atoms with Crippen molar-refractivity contribution in [3.8, 4) is 0 Å². The number of carbonyl (C=O) groups is 1. The Hall–Kier alpha value is -0.730. The van der Waals surface area contributed by atoms with Crippen molar-refractivity contribution < 1.29 is 28.5 Å². The molecular formula is C14H27NO6. The van der Waals surface area contributed by atoms with E-state index in [2.05, 4.69) is 9.64 Å². The first-order valence-corrected chi connectivity index (χ1v) is 7.43. The zero-order valence-electron chi connectivity index (χ0n) is 12.9. The lowest BCUT2D eigenvalue weighted by Gasteiger charge is -2.21. The average Bonchev–Trinajstić information content (AvgIpc) is 2.51. The van der Waals surface area contributed by atoms with E-state index in [0.29, 0.717) is 65.8 Å². The Labute approximate surface area is 126 Å². The second-order valence-corrected chi connectivity index (χ2v) is 4.62. The lowest BCUT2D eigenvalue weighted by Crippen LogP contribution is -2.33. The summed E-state index contributed by atoms with van der Waals surface area (Å²) in [7, 11) is 1.40. The van der Waals surface area contributed by atoms with Gasteiger partial charge in [0, 0.05) is 19.6 Å². The molecule has 0 unspecified atom stereocenters. The first kappa shape index (κ1) is 18.3. The van der Waals surface area contributed by atoms with E-state index in [1.54, 1.807) is 0 Å². The molecule has 7 nitrogen and oxygen atoms in total. The zero-order chi connectivity index (χ0) is 15.2. The summed E-state index contributed by atoms with van der Waals surface area (Å²) in [4.78, 5) is 13.3. The number of hydrogen-bond acceptors (Lipinski definition) is 7. The Kier molecular flexibility index (Phi) is 11.3. The van der Waals surface area contributed by atoms with Crippen molar-refractivity contribution in [2.45, 2.75) is 6.42 Å². The van der Waals surface area contributed by atoms with Crippen LogP contribution in [0.4, 0.5) is 0 Å². The van der Waals surface area contributed by atoms with Crippen LogP contribution in [0, 0.1) is 0 Å². The van der Waals surface area contributed by atoms with E-state index in [-0.39, 0.29) is 5.97 Å². The first-order chi connectivity index (χ1) is 10.3. The maximum atomic E-state index is 11.2. The third kappa shape index (κ3) is 10.6. The van der Waals surface area contributed by atoms with E-state index in [0.717, 1.165) is 13.1 Å². The standard InChI is InChI=1S/C14H27NO6/c1-17-14(16)2-3-15-4-6-18-8-10-20-12-13-21-11-9-19-7-5-15/h2-13H2,1H3. The van der Waals surface area contributed by atoms with Crippen molar-refractivity contribution >= 4 is 5.97 Å². The van der Waals surface area contributed by atoms with Crippen molar-refractivity contribution in [2.75, 3.05) is 79.6 Å². The maximum absolute atomic E-state index is 11.2. The minimum atomic E-state index is -0.200. The van der Waals surface area contributed by atoms with E-state index in [4.69, 9.17) is 18.9 Å². The number of methoxy groups -OCH3 is 1. The Morgan fingerprint density at radius 1 is 0.857 bits per heavy atom. The van der Waals surface area contributed by atoms with Gasteiger partial charge in [0.25, 0.3) is 0 Å². The van der Waals surface area contributed by atoms with Crippen LogP contribution in [0.2, 0.25) is 0 Å². The molecule has 0 N–H and O–H groups in total. The van der Waals surface area contributed by atoms with Gasteiger partial charge in [-0.3, -0.25) is 9.69 Å². The van der Waals surface area contributed by atoms with Crippen LogP contribution in [0.15, 0.2) is 0 Å². The van der Waals surface area contributed by atoms with Crippen LogP contribution in [0.25, 0.3) is 0 Å². The summed E-state index contributed by atoms with van der Waals surface area (Å²) < 4.78 is 26.4. The van der Waals surface area contributed by atoms with Gasteiger partial charge in [0.15, 0.2) is 0 Å². The summed E-state index contributed by atoms with van der Waals surface area (Å²) in [6.07, 6.45) is 0.378. The highest BCUT2D eigenvalue weighted by molar-refractivity contribution is 5.69. The molecule has 1 saturated heterocycles. The monoisotopic (exact) mass is 305 g/mol. The highest BCUT2D eigenvalue weighted by atomic mass is 16.6. The normalized spacial score (nSPS) is 21.2. The zero-order valence-corrected chi connectivity index (χ0v) is 12.9. The molecule has 124 valence electrons. The van der Waals surface area contributed by atoms with Crippen LogP contribution in [0.5, 0.6) is 0 Å². The molecular weight excluding hydrogens is 278 g/mol. The molecule has 1 rings (SSSR count). The molecule has 0 aromatic heterocycles. The molecule has 0 saturated carbocycles. The quantitative estimate of drug-likeness (QED) is 0.676. The van der Waals surface area contributed by atoms with Crippen molar-refractivity contribution in [2.24, 2.45) is 0 Å². The minimum absolute atomic E-state index is 0.200. The summed E-state index contributed by atoms with van der Waals surface area (Å²) in [5, 5.41) is 0. The highest BCUT2D eigenvalue weighted by Crippen LogP contribution is 1.95. The summed E-state index contributed by atoms with van der Waals surface area (Å²) in [6.45, 7) is 6.83. The third-order valence-electron chi connectivity index (χ3n) is 3.08. The van der Waals surface area contributed by atoms with E-state index in [9.17, 15) is 4.79 Å². The van der Waals surface area contributed by atoms with Gasteiger partial charge >= 0.3 is 5.97 Å². The lowest BCUT2D eigenvalue weighted by molar-refractivity contribution is -0.141. The molecule has 21 heavy (non-hydrogen) atoms. The molecule has 1 aliphatic rings. The highest BCUT2D eigenvalue weighted by Gasteiger charge is 2.09. The molecule has 1 aliphatic heterocycles. The molecule has 1 heterocycles. The van der Waals surface area contributed by atoms with E-state index >= 15 is 0 Å². The molecule has 0 amide bonds. The number of esters is 1. The van der Waals surface area contributed by atoms with Gasteiger partial charge < -0.3 is 23.7 Å². The largest absolute Gasteiger partial charge is 0.469 e. The second kappa shape index (κ2) is 13.0. The van der Waals surface area contributed by atoms with Gasteiger partial charge in [0.05, 0.1) is 66.4 Å².